The van der Waals surface area contributed by atoms with E-state index in [-0.39, 0.29) is 5.02 Å². The SMILES string of the molecule is CCOCCCOc1cccc(Nc2ncc(Cl)c(Nc3ccccc3NS(C)(=O)=O)n2)c1. The quantitative estimate of drug-likeness (QED) is 0.310. The lowest BCUT2D eigenvalue weighted by atomic mass is 10.2. The van der Waals surface area contributed by atoms with Crippen LogP contribution in [0.1, 0.15) is 13.3 Å². The second-order valence-electron chi connectivity index (χ2n) is 6.99. The van der Waals surface area contributed by atoms with E-state index in [4.69, 9.17) is 21.1 Å². The van der Waals surface area contributed by atoms with Gasteiger partial charge in [0, 0.05) is 31.4 Å². The lowest BCUT2D eigenvalue weighted by molar-refractivity contribution is 0.131. The van der Waals surface area contributed by atoms with Crippen LogP contribution in [-0.4, -0.2) is 44.5 Å². The number of hydrogen-bond acceptors (Lipinski definition) is 8. The van der Waals surface area contributed by atoms with Gasteiger partial charge in [-0.25, -0.2) is 13.4 Å². The maximum absolute atomic E-state index is 11.7. The normalized spacial score (nSPS) is 11.1. The van der Waals surface area contributed by atoms with E-state index in [9.17, 15) is 8.42 Å². The molecule has 0 amide bonds. The molecular formula is C22H26ClN5O4S. The average Bonchev–Trinajstić information content (AvgIpc) is 2.76. The minimum absolute atomic E-state index is 0.279. The summed E-state index contributed by atoms with van der Waals surface area (Å²) in [5, 5.41) is 6.46. The standard InChI is InChI=1S/C22H26ClN5O4S/c1-3-31-12-7-13-32-17-9-6-8-16(14-17)25-22-24-15-18(23)21(27-22)26-19-10-4-5-11-20(19)28-33(2,29)30/h4-6,8-11,14-15,28H,3,7,12-13H2,1-2H3,(H2,24,25,26,27). The molecule has 3 N–H and O–H groups in total. The van der Waals surface area contributed by atoms with E-state index >= 15 is 0 Å². The summed E-state index contributed by atoms with van der Waals surface area (Å²) in [4.78, 5) is 8.65. The Labute approximate surface area is 198 Å². The highest BCUT2D eigenvalue weighted by Crippen LogP contribution is 2.30. The second-order valence-corrected chi connectivity index (χ2v) is 9.14. The monoisotopic (exact) mass is 491 g/mol. The third-order valence-electron chi connectivity index (χ3n) is 4.22. The largest absolute Gasteiger partial charge is 0.493 e. The van der Waals surface area contributed by atoms with E-state index in [1.54, 1.807) is 24.3 Å². The van der Waals surface area contributed by atoms with Gasteiger partial charge >= 0.3 is 0 Å². The summed E-state index contributed by atoms with van der Waals surface area (Å²) in [7, 11) is -3.45. The molecular weight excluding hydrogens is 466 g/mol. The molecule has 3 aromatic rings. The van der Waals surface area contributed by atoms with Gasteiger partial charge in [0.15, 0.2) is 5.82 Å². The van der Waals surface area contributed by atoms with Gasteiger partial charge < -0.3 is 20.1 Å². The highest BCUT2D eigenvalue weighted by molar-refractivity contribution is 7.92. The molecule has 1 aromatic heterocycles. The van der Waals surface area contributed by atoms with Crippen LogP contribution < -0.4 is 20.1 Å². The molecule has 0 saturated carbocycles. The zero-order chi connectivity index (χ0) is 23.7. The summed E-state index contributed by atoms with van der Waals surface area (Å²) < 4.78 is 36.8. The number of aromatic nitrogens is 2. The molecule has 0 aliphatic carbocycles. The Kier molecular flexibility index (Phi) is 8.70. The lowest BCUT2D eigenvalue weighted by Crippen LogP contribution is -2.11. The summed E-state index contributed by atoms with van der Waals surface area (Å²) in [6, 6.07) is 14.3. The molecule has 0 saturated heterocycles. The summed E-state index contributed by atoms with van der Waals surface area (Å²) in [5.41, 5.74) is 1.61. The summed E-state index contributed by atoms with van der Waals surface area (Å²) in [5.74, 6) is 1.34. The van der Waals surface area contributed by atoms with Crippen molar-refractivity contribution in [3.8, 4) is 5.75 Å². The number of ether oxygens (including phenoxy) is 2. The molecule has 0 aliphatic heterocycles. The molecule has 9 nitrogen and oxygen atoms in total. The van der Waals surface area contributed by atoms with Gasteiger partial charge in [0.25, 0.3) is 0 Å². The minimum Gasteiger partial charge on any atom is -0.493 e. The number of rotatable bonds is 12. The second kappa shape index (κ2) is 11.7. The zero-order valence-electron chi connectivity index (χ0n) is 18.3. The van der Waals surface area contributed by atoms with E-state index in [1.165, 1.54) is 6.20 Å². The number of sulfonamides is 1. The van der Waals surface area contributed by atoms with Gasteiger partial charge in [-0.05, 0) is 31.2 Å². The third kappa shape index (κ3) is 8.08. The van der Waals surface area contributed by atoms with Crippen LogP contribution in [0.4, 0.5) is 28.8 Å². The molecule has 0 aliphatic rings. The summed E-state index contributed by atoms with van der Waals surface area (Å²) in [6.07, 6.45) is 3.34. The number of anilines is 5. The van der Waals surface area contributed by atoms with E-state index in [0.717, 1.165) is 18.4 Å². The van der Waals surface area contributed by atoms with Gasteiger partial charge in [0.2, 0.25) is 16.0 Å². The van der Waals surface area contributed by atoms with Crippen LogP contribution in [0.3, 0.4) is 0 Å². The van der Waals surface area contributed by atoms with Crippen LogP contribution in [0, 0.1) is 0 Å². The number of hydrogen-bond donors (Lipinski definition) is 3. The van der Waals surface area contributed by atoms with Crippen molar-refractivity contribution < 1.29 is 17.9 Å². The molecule has 0 radical (unpaired) electrons. The summed E-state index contributed by atoms with van der Waals surface area (Å²) >= 11 is 6.27. The van der Waals surface area contributed by atoms with Gasteiger partial charge in [-0.15, -0.1) is 0 Å². The number of halogens is 1. The lowest BCUT2D eigenvalue weighted by Gasteiger charge is -2.14. The minimum atomic E-state index is -3.45. The molecule has 33 heavy (non-hydrogen) atoms. The van der Waals surface area contributed by atoms with Crippen molar-refractivity contribution in [1.82, 2.24) is 9.97 Å². The Bertz CT molecular complexity index is 1180. The van der Waals surface area contributed by atoms with Crippen molar-refractivity contribution in [2.75, 3.05) is 41.4 Å². The van der Waals surface area contributed by atoms with Crippen molar-refractivity contribution in [1.29, 1.82) is 0 Å². The van der Waals surface area contributed by atoms with Gasteiger partial charge in [-0.1, -0.05) is 29.8 Å². The van der Waals surface area contributed by atoms with Crippen molar-refractivity contribution >= 4 is 50.5 Å². The topological polar surface area (TPSA) is 114 Å². The average molecular weight is 492 g/mol. The van der Waals surface area contributed by atoms with Crippen LogP contribution >= 0.6 is 11.6 Å². The maximum Gasteiger partial charge on any atom is 0.229 e. The predicted molar refractivity (Wildman–Crippen MR) is 132 cm³/mol. The van der Waals surface area contributed by atoms with Crippen LogP contribution in [0.2, 0.25) is 5.02 Å². The first kappa shape index (κ1) is 24.6. The summed E-state index contributed by atoms with van der Waals surface area (Å²) in [6.45, 7) is 3.86. The predicted octanol–water partition coefficient (Wildman–Crippen LogP) is 4.79. The van der Waals surface area contributed by atoms with Crippen LogP contribution in [-0.2, 0) is 14.8 Å². The Morgan fingerprint density at radius 2 is 1.82 bits per heavy atom. The van der Waals surface area contributed by atoms with Crippen molar-refractivity contribution in [3.63, 3.8) is 0 Å². The molecule has 0 spiro atoms. The first-order chi connectivity index (χ1) is 15.8. The van der Waals surface area contributed by atoms with Gasteiger partial charge in [0.05, 0.1) is 30.4 Å². The Balaban J connectivity index is 1.71. The van der Waals surface area contributed by atoms with Crippen LogP contribution in [0.25, 0.3) is 0 Å². The molecule has 2 aromatic carbocycles. The van der Waals surface area contributed by atoms with Crippen LogP contribution in [0.5, 0.6) is 5.75 Å². The molecule has 1 heterocycles. The first-order valence-corrected chi connectivity index (χ1v) is 12.5. The highest BCUT2D eigenvalue weighted by atomic mass is 35.5. The fourth-order valence-corrected chi connectivity index (χ4v) is 3.53. The highest BCUT2D eigenvalue weighted by Gasteiger charge is 2.11. The van der Waals surface area contributed by atoms with E-state index < -0.39 is 10.0 Å². The Morgan fingerprint density at radius 3 is 2.58 bits per heavy atom. The fraction of sp³-hybridized carbons (Fsp3) is 0.273. The van der Waals surface area contributed by atoms with Crippen LogP contribution in [0.15, 0.2) is 54.7 Å². The van der Waals surface area contributed by atoms with E-state index in [2.05, 4.69) is 25.3 Å². The number of para-hydroxylation sites is 2. The molecule has 0 bridgehead atoms. The van der Waals surface area contributed by atoms with Crippen molar-refractivity contribution in [2.24, 2.45) is 0 Å². The number of nitrogens with one attached hydrogen (secondary N) is 3. The Morgan fingerprint density at radius 1 is 1.03 bits per heavy atom. The van der Waals surface area contributed by atoms with Crippen molar-refractivity contribution in [3.05, 3.63) is 59.8 Å². The fourth-order valence-electron chi connectivity index (χ4n) is 2.81. The molecule has 11 heteroatoms. The zero-order valence-corrected chi connectivity index (χ0v) is 19.9. The number of nitrogens with zero attached hydrogens (tertiary/aromatic N) is 2. The van der Waals surface area contributed by atoms with E-state index in [0.29, 0.717) is 48.7 Å². The molecule has 176 valence electrons. The Hall–Kier alpha value is -3.08. The molecule has 3 rings (SSSR count). The smallest absolute Gasteiger partial charge is 0.229 e. The van der Waals surface area contributed by atoms with E-state index in [1.807, 2.05) is 31.2 Å². The van der Waals surface area contributed by atoms with Gasteiger partial charge in [-0.2, -0.15) is 4.98 Å². The molecule has 0 fully saturated rings. The van der Waals surface area contributed by atoms with Crippen molar-refractivity contribution in [2.45, 2.75) is 13.3 Å². The molecule has 0 unspecified atom stereocenters. The van der Waals surface area contributed by atoms with Gasteiger partial charge in [0.1, 0.15) is 10.8 Å². The molecule has 0 atom stereocenters. The van der Waals surface area contributed by atoms with Gasteiger partial charge in [-0.3, -0.25) is 4.72 Å². The third-order valence-corrected chi connectivity index (χ3v) is 5.08. The number of benzene rings is 2. The maximum atomic E-state index is 11.7. The first-order valence-electron chi connectivity index (χ1n) is 10.3.